The number of nitrogens with zero attached hydrogens (tertiary/aromatic N) is 1. The highest BCUT2D eigenvalue weighted by Gasteiger charge is 2.24. The van der Waals surface area contributed by atoms with Crippen molar-refractivity contribution in [3.05, 3.63) is 34.3 Å². The fourth-order valence-corrected chi connectivity index (χ4v) is 3.71. The van der Waals surface area contributed by atoms with Gasteiger partial charge in [0, 0.05) is 43.0 Å². The molecule has 1 aromatic rings. The zero-order valence-corrected chi connectivity index (χ0v) is 19.6. The van der Waals surface area contributed by atoms with Gasteiger partial charge in [-0.25, -0.2) is 4.79 Å². The Kier molecular flexibility index (Phi) is 9.14. The minimum Gasteiger partial charge on any atom is -0.444 e. The molecule has 3 amide bonds. The summed E-state index contributed by atoms with van der Waals surface area (Å²) in [5.41, 5.74) is 0.568. The molecule has 0 aromatic heterocycles. The number of halogens is 1. The summed E-state index contributed by atoms with van der Waals surface area (Å²) in [6.07, 6.45) is 2.36. The van der Waals surface area contributed by atoms with Crippen molar-refractivity contribution in [1.29, 1.82) is 0 Å². The number of hydrogen-bond acceptors (Lipinski definition) is 4. The normalized spacial score (nSPS) is 14.9. The Hall–Kier alpha value is -2.09. The second kappa shape index (κ2) is 11.3. The third kappa shape index (κ3) is 9.15. The van der Waals surface area contributed by atoms with Gasteiger partial charge in [-0.3, -0.25) is 9.59 Å². The predicted molar refractivity (Wildman–Crippen MR) is 119 cm³/mol. The Bertz CT molecular complexity index is 740. The van der Waals surface area contributed by atoms with Gasteiger partial charge in [0.15, 0.2) is 0 Å². The minimum atomic E-state index is -0.557. The first kappa shape index (κ1) is 24.2. The van der Waals surface area contributed by atoms with E-state index in [2.05, 4.69) is 26.6 Å². The molecule has 1 aromatic carbocycles. The number of nitrogens with one attached hydrogen (secondary N) is 2. The van der Waals surface area contributed by atoms with Crippen LogP contribution in [0.25, 0.3) is 0 Å². The molecular weight excluding hydrogens is 450 g/mol. The Labute approximate surface area is 187 Å². The van der Waals surface area contributed by atoms with E-state index in [4.69, 9.17) is 4.74 Å². The summed E-state index contributed by atoms with van der Waals surface area (Å²) in [6.45, 7) is 6.85. The number of piperidine rings is 1. The van der Waals surface area contributed by atoms with Crippen LogP contribution in [0, 0.1) is 0 Å². The maximum absolute atomic E-state index is 12.3. The van der Waals surface area contributed by atoms with E-state index < -0.39 is 11.7 Å². The maximum Gasteiger partial charge on any atom is 0.407 e. The molecule has 1 aliphatic rings. The van der Waals surface area contributed by atoms with Crippen molar-refractivity contribution >= 4 is 33.8 Å². The van der Waals surface area contributed by atoms with Crippen LogP contribution in [0.15, 0.2) is 28.7 Å². The molecule has 1 fully saturated rings. The summed E-state index contributed by atoms with van der Waals surface area (Å²) < 4.78 is 6.17. The highest BCUT2D eigenvalue weighted by Crippen LogP contribution is 2.14. The maximum atomic E-state index is 12.3. The number of ether oxygens (including phenoxy) is 1. The first-order valence-electron chi connectivity index (χ1n) is 10.4. The van der Waals surface area contributed by atoms with Gasteiger partial charge in [0.05, 0.1) is 0 Å². The average Bonchev–Trinajstić information content (AvgIpc) is 2.65. The average molecular weight is 482 g/mol. The molecule has 1 saturated heterocycles. The first-order chi connectivity index (χ1) is 14.1. The van der Waals surface area contributed by atoms with Crippen molar-refractivity contribution in [2.45, 2.75) is 64.5 Å². The molecule has 166 valence electrons. The zero-order valence-electron chi connectivity index (χ0n) is 18.0. The standard InChI is InChI=1S/C22H32BrN3O4/c1-22(2,3)30-21(29)24-12-9-20(28)26-13-10-18(11-14-26)25-19(27)8-7-16-5-4-6-17(23)15-16/h4-6,15,18H,7-14H2,1-3H3,(H,24,29)(H,25,27). The molecule has 30 heavy (non-hydrogen) atoms. The van der Waals surface area contributed by atoms with Crippen LogP contribution >= 0.6 is 15.9 Å². The van der Waals surface area contributed by atoms with Crippen LogP contribution in [0.3, 0.4) is 0 Å². The van der Waals surface area contributed by atoms with Crippen LogP contribution in [-0.4, -0.2) is 54.1 Å². The van der Waals surface area contributed by atoms with Gasteiger partial charge in [0.2, 0.25) is 11.8 Å². The lowest BCUT2D eigenvalue weighted by Gasteiger charge is -2.32. The highest BCUT2D eigenvalue weighted by molar-refractivity contribution is 9.10. The van der Waals surface area contributed by atoms with E-state index in [9.17, 15) is 14.4 Å². The lowest BCUT2D eigenvalue weighted by Crippen LogP contribution is -2.47. The van der Waals surface area contributed by atoms with Crippen LogP contribution in [0.1, 0.15) is 52.0 Å². The summed E-state index contributed by atoms with van der Waals surface area (Å²) in [5.74, 6) is 0.0480. The molecule has 0 saturated carbocycles. The molecule has 0 radical (unpaired) electrons. The Balaban J connectivity index is 1.62. The number of amides is 3. The highest BCUT2D eigenvalue weighted by atomic mass is 79.9. The lowest BCUT2D eigenvalue weighted by molar-refractivity contribution is -0.132. The zero-order chi connectivity index (χ0) is 22.1. The van der Waals surface area contributed by atoms with Crippen molar-refractivity contribution in [3.8, 4) is 0 Å². The number of rotatable bonds is 7. The topological polar surface area (TPSA) is 87.7 Å². The summed E-state index contributed by atoms with van der Waals surface area (Å²) in [4.78, 5) is 38.0. The van der Waals surface area contributed by atoms with E-state index >= 15 is 0 Å². The van der Waals surface area contributed by atoms with E-state index in [1.165, 1.54) is 0 Å². The molecule has 0 atom stereocenters. The molecule has 1 heterocycles. The van der Waals surface area contributed by atoms with Crippen molar-refractivity contribution in [2.75, 3.05) is 19.6 Å². The van der Waals surface area contributed by atoms with Gasteiger partial charge in [-0.1, -0.05) is 28.1 Å². The minimum absolute atomic E-state index is 0.00508. The monoisotopic (exact) mass is 481 g/mol. The smallest absolute Gasteiger partial charge is 0.407 e. The van der Waals surface area contributed by atoms with Crippen LogP contribution in [0.5, 0.6) is 0 Å². The van der Waals surface area contributed by atoms with E-state index in [1.807, 2.05) is 24.3 Å². The summed E-state index contributed by atoms with van der Waals surface area (Å²) in [6, 6.07) is 8.07. The number of alkyl carbamates (subject to hydrolysis) is 1. The van der Waals surface area contributed by atoms with Crippen molar-refractivity contribution in [2.24, 2.45) is 0 Å². The van der Waals surface area contributed by atoms with E-state index in [-0.39, 0.29) is 30.8 Å². The molecule has 0 aliphatic carbocycles. The van der Waals surface area contributed by atoms with Crippen LogP contribution in [-0.2, 0) is 20.7 Å². The van der Waals surface area contributed by atoms with Crippen LogP contribution in [0.4, 0.5) is 4.79 Å². The second-order valence-corrected chi connectivity index (χ2v) is 9.45. The fourth-order valence-electron chi connectivity index (χ4n) is 3.27. The SMILES string of the molecule is CC(C)(C)OC(=O)NCCC(=O)N1CCC(NC(=O)CCc2cccc(Br)c2)CC1. The fraction of sp³-hybridized carbons (Fsp3) is 0.591. The van der Waals surface area contributed by atoms with Gasteiger partial charge in [-0.15, -0.1) is 0 Å². The van der Waals surface area contributed by atoms with Gasteiger partial charge in [0.1, 0.15) is 5.60 Å². The second-order valence-electron chi connectivity index (χ2n) is 8.53. The van der Waals surface area contributed by atoms with Gasteiger partial charge >= 0.3 is 6.09 Å². The predicted octanol–water partition coefficient (Wildman–Crippen LogP) is 3.40. The summed E-state index contributed by atoms with van der Waals surface area (Å²) in [7, 11) is 0. The lowest BCUT2D eigenvalue weighted by atomic mass is 10.0. The molecule has 0 spiro atoms. The third-order valence-electron chi connectivity index (χ3n) is 4.75. The molecule has 2 rings (SSSR count). The number of likely N-dealkylation sites (tertiary alicyclic amines) is 1. The van der Waals surface area contributed by atoms with Crippen molar-refractivity contribution < 1.29 is 19.1 Å². The molecule has 7 nitrogen and oxygen atoms in total. The van der Waals surface area contributed by atoms with Gasteiger partial charge in [-0.05, 0) is 57.7 Å². The quantitative estimate of drug-likeness (QED) is 0.624. The van der Waals surface area contributed by atoms with Crippen LogP contribution < -0.4 is 10.6 Å². The first-order valence-corrected chi connectivity index (χ1v) is 11.2. The third-order valence-corrected chi connectivity index (χ3v) is 5.24. The Morgan fingerprint density at radius 2 is 1.87 bits per heavy atom. The van der Waals surface area contributed by atoms with Crippen molar-refractivity contribution in [1.82, 2.24) is 15.5 Å². The number of carbonyl (C=O) groups excluding carboxylic acids is 3. The van der Waals surface area contributed by atoms with E-state index in [0.717, 1.165) is 22.9 Å². The number of aryl methyl sites for hydroxylation is 1. The van der Waals surface area contributed by atoms with Crippen LogP contribution in [0.2, 0.25) is 0 Å². The number of benzene rings is 1. The van der Waals surface area contributed by atoms with E-state index in [0.29, 0.717) is 25.9 Å². The summed E-state index contributed by atoms with van der Waals surface area (Å²) in [5, 5.41) is 5.69. The molecule has 0 bridgehead atoms. The number of carbonyl (C=O) groups is 3. The van der Waals surface area contributed by atoms with Gasteiger partial charge in [-0.2, -0.15) is 0 Å². The molecule has 8 heteroatoms. The molecule has 2 N–H and O–H groups in total. The van der Waals surface area contributed by atoms with E-state index in [1.54, 1.807) is 25.7 Å². The summed E-state index contributed by atoms with van der Waals surface area (Å²) >= 11 is 3.44. The molecule has 1 aliphatic heterocycles. The van der Waals surface area contributed by atoms with Crippen molar-refractivity contribution in [3.63, 3.8) is 0 Å². The number of hydrogen-bond donors (Lipinski definition) is 2. The molecular formula is C22H32BrN3O4. The Morgan fingerprint density at radius 3 is 2.50 bits per heavy atom. The molecule has 0 unspecified atom stereocenters. The van der Waals surface area contributed by atoms with Gasteiger partial charge in [0.25, 0.3) is 0 Å². The largest absolute Gasteiger partial charge is 0.444 e. The van der Waals surface area contributed by atoms with Gasteiger partial charge < -0.3 is 20.3 Å². The Morgan fingerprint density at radius 1 is 1.17 bits per heavy atom.